The molecule has 0 atom stereocenters. The van der Waals surface area contributed by atoms with E-state index >= 15 is 0 Å². The maximum absolute atomic E-state index is 5.82. The summed E-state index contributed by atoms with van der Waals surface area (Å²) in [5.41, 5.74) is 0. The molecule has 2 nitrogen and oxygen atoms in total. The summed E-state index contributed by atoms with van der Waals surface area (Å²) in [7, 11) is 0. The molecule has 1 heterocycles. The molecule has 88 valence electrons. The number of hydrogen-bond donors (Lipinski definition) is 0. The second-order valence-electron chi connectivity index (χ2n) is 4.74. The smallest absolute Gasteiger partial charge is 0.136 e. The summed E-state index contributed by atoms with van der Waals surface area (Å²) < 4.78 is 6.77. The molecule has 1 aromatic rings. The van der Waals surface area contributed by atoms with Crippen LogP contribution >= 0.6 is 15.9 Å². The largest absolute Gasteiger partial charge is 0.492 e. The van der Waals surface area contributed by atoms with Crippen LogP contribution in [0.3, 0.4) is 0 Å². The highest BCUT2D eigenvalue weighted by Crippen LogP contribution is 2.30. The fourth-order valence-electron chi connectivity index (χ4n) is 2.18. The molecule has 2 rings (SSSR count). The quantitative estimate of drug-likeness (QED) is 0.835. The molecular weight excluding hydrogens is 266 g/mol. The second kappa shape index (κ2) is 5.67. The Morgan fingerprint density at radius 3 is 2.81 bits per heavy atom. The summed E-state index contributed by atoms with van der Waals surface area (Å²) in [6.45, 7) is 3.19. The molecule has 0 unspecified atom stereocenters. The monoisotopic (exact) mass is 283 g/mol. The Balaban J connectivity index is 1.81. The number of ether oxygens (including phenoxy) is 1. The molecule has 0 saturated heterocycles. The fraction of sp³-hybridized carbons (Fsp3) is 0.615. The molecule has 1 aromatic heterocycles. The predicted molar refractivity (Wildman–Crippen MR) is 68.6 cm³/mol. The van der Waals surface area contributed by atoms with Crippen LogP contribution < -0.4 is 4.74 Å². The van der Waals surface area contributed by atoms with E-state index in [4.69, 9.17) is 4.74 Å². The van der Waals surface area contributed by atoms with E-state index in [1.54, 1.807) is 12.4 Å². The minimum Gasteiger partial charge on any atom is -0.492 e. The van der Waals surface area contributed by atoms with E-state index in [1.165, 1.54) is 25.7 Å². The highest BCUT2D eigenvalue weighted by atomic mass is 79.9. The predicted octanol–water partition coefficient (Wildman–Crippen LogP) is 4.05. The number of halogens is 1. The van der Waals surface area contributed by atoms with Crippen LogP contribution in [0.25, 0.3) is 0 Å². The first-order valence-corrected chi connectivity index (χ1v) is 6.77. The molecule has 16 heavy (non-hydrogen) atoms. The molecule has 0 N–H and O–H groups in total. The van der Waals surface area contributed by atoms with E-state index < -0.39 is 0 Å². The minimum atomic E-state index is 0.733. The molecule has 0 aromatic carbocycles. The van der Waals surface area contributed by atoms with Gasteiger partial charge in [-0.25, -0.2) is 0 Å². The number of aromatic nitrogens is 1. The molecule has 1 saturated carbocycles. The average Bonchev–Trinajstić information content (AvgIpc) is 2.30. The molecular formula is C13H18BrNO. The summed E-state index contributed by atoms with van der Waals surface area (Å²) >= 11 is 3.44. The first-order valence-electron chi connectivity index (χ1n) is 5.98. The second-order valence-corrected chi connectivity index (χ2v) is 5.60. The minimum absolute atomic E-state index is 0.733. The van der Waals surface area contributed by atoms with Crippen molar-refractivity contribution in [3.05, 3.63) is 22.9 Å². The molecule has 1 aliphatic carbocycles. The van der Waals surface area contributed by atoms with Crippen molar-refractivity contribution in [3.63, 3.8) is 0 Å². The van der Waals surface area contributed by atoms with Gasteiger partial charge in [-0.3, -0.25) is 4.98 Å². The Morgan fingerprint density at radius 1 is 1.38 bits per heavy atom. The van der Waals surface area contributed by atoms with Gasteiger partial charge in [-0.2, -0.15) is 0 Å². The number of nitrogens with zero attached hydrogens (tertiary/aromatic N) is 1. The summed E-state index contributed by atoms with van der Waals surface area (Å²) in [6, 6.07) is 1.91. The summed E-state index contributed by atoms with van der Waals surface area (Å²) in [5.74, 6) is 2.55. The Bertz CT molecular complexity index is 334. The maximum atomic E-state index is 5.82. The molecule has 3 heteroatoms. The van der Waals surface area contributed by atoms with Crippen LogP contribution in [0.2, 0.25) is 0 Å². The molecule has 0 amide bonds. The Hall–Kier alpha value is -0.570. The fourth-order valence-corrected chi connectivity index (χ4v) is 2.55. The summed E-state index contributed by atoms with van der Waals surface area (Å²) in [6.07, 6.45) is 8.87. The van der Waals surface area contributed by atoms with Gasteiger partial charge in [0.25, 0.3) is 0 Å². The zero-order valence-corrected chi connectivity index (χ0v) is 11.2. The van der Waals surface area contributed by atoms with Gasteiger partial charge in [-0.1, -0.05) is 19.8 Å². The summed E-state index contributed by atoms with van der Waals surface area (Å²) in [5, 5.41) is 0. The van der Waals surface area contributed by atoms with Gasteiger partial charge in [0.15, 0.2) is 0 Å². The Kier molecular flexibility index (Phi) is 4.22. The van der Waals surface area contributed by atoms with E-state index in [0.717, 1.165) is 28.7 Å². The van der Waals surface area contributed by atoms with E-state index in [2.05, 4.69) is 27.8 Å². The van der Waals surface area contributed by atoms with Crippen LogP contribution in [-0.2, 0) is 0 Å². The average molecular weight is 284 g/mol. The molecule has 0 spiro atoms. The molecule has 0 radical (unpaired) electrons. The highest BCUT2D eigenvalue weighted by Gasteiger charge is 2.18. The molecule has 0 bridgehead atoms. The lowest BCUT2D eigenvalue weighted by Gasteiger charge is -2.26. The maximum Gasteiger partial charge on any atom is 0.136 e. The van der Waals surface area contributed by atoms with Crippen LogP contribution in [0, 0.1) is 11.8 Å². The van der Waals surface area contributed by atoms with Gasteiger partial charge in [0.05, 0.1) is 11.1 Å². The van der Waals surface area contributed by atoms with Gasteiger partial charge >= 0.3 is 0 Å². The molecule has 1 fully saturated rings. The van der Waals surface area contributed by atoms with Gasteiger partial charge < -0.3 is 4.74 Å². The Labute approximate surface area is 106 Å². The highest BCUT2D eigenvalue weighted by molar-refractivity contribution is 9.10. The lowest BCUT2D eigenvalue weighted by Crippen LogP contribution is -2.18. The normalized spacial score (nSPS) is 25.4. The zero-order valence-electron chi connectivity index (χ0n) is 9.66. The van der Waals surface area contributed by atoms with Gasteiger partial charge in [0, 0.05) is 12.4 Å². The molecule has 0 aliphatic heterocycles. The first kappa shape index (κ1) is 11.9. The van der Waals surface area contributed by atoms with E-state index in [0.29, 0.717) is 0 Å². The van der Waals surface area contributed by atoms with Gasteiger partial charge in [0.2, 0.25) is 0 Å². The van der Waals surface area contributed by atoms with E-state index in [1.807, 2.05) is 6.07 Å². The van der Waals surface area contributed by atoms with Crippen molar-refractivity contribution in [1.29, 1.82) is 0 Å². The summed E-state index contributed by atoms with van der Waals surface area (Å²) in [4.78, 5) is 4.02. The molecule has 1 aliphatic rings. The van der Waals surface area contributed by atoms with Crippen LogP contribution in [0.1, 0.15) is 32.6 Å². The Morgan fingerprint density at radius 2 is 2.12 bits per heavy atom. The zero-order chi connectivity index (χ0) is 11.4. The van der Waals surface area contributed by atoms with Crippen LogP contribution in [0.5, 0.6) is 5.75 Å². The van der Waals surface area contributed by atoms with Gasteiger partial charge in [-0.05, 0) is 46.7 Å². The topological polar surface area (TPSA) is 22.1 Å². The van der Waals surface area contributed by atoms with Crippen molar-refractivity contribution in [2.24, 2.45) is 11.8 Å². The number of hydrogen-bond acceptors (Lipinski definition) is 2. The standard InChI is InChI=1S/C13H18BrNO/c1-10-2-4-11(5-3-10)9-16-13-6-7-15-8-12(13)14/h6-8,10-11H,2-5,9H2,1H3/t10-,11-. The third-order valence-corrected chi connectivity index (χ3v) is 3.94. The van der Waals surface area contributed by atoms with Crippen molar-refractivity contribution >= 4 is 15.9 Å². The van der Waals surface area contributed by atoms with Gasteiger partial charge in [-0.15, -0.1) is 0 Å². The third-order valence-electron chi connectivity index (χ3n) is 3.35. The van der Waals surface area contributed by atoms with Crippen molar-refractivity contribution in [1.82, 2.24) is 4.98 Å². The van der Waals surface area contributed by atoms with Crippen molar-refractivity contribution in [3.8, 4) is 5.75 Å². The van der Waals surface area contributed by atoms with Crippen molar-refractivity contribution in [2.45, 2.75) is 32.6 Å². The van der Waals surface area contributed by atoms with E-state index in [-0.39, 0.29) is 0 Å². The number of rotatable bonds is 3. The third kappa shape index (κ3) is 3.21. The van der Waals surface area contributed by atoms with Gasteiger partial charge in [0.1, 0.15) is 5.75 Å². The van der Waals surface area contributed by atoms with E-state index in [9.17, 15) is 0 Å². The first-order chi connectivity index (χ1) is 7.75. The lowest BCUT2D eigenvalue weighted by atomic mass is 9.83. The number of pyridine rings is 1. The van der Waals surface area contributed by atoms with Crippen molar-refractivity contribution < 1.29 is 4.74 Å². The SMILES string of the molecule is C[C@H]1CC[C@H](COc2ccncc2Br)CC1. The lowest BCUT2D eigenvalue weighted by molar-refractivity contribution is 0.187. The van der Waals surface area contributed by atoms with Crippen LogP contribution in [-0.4, -0.2) is 11.6 Å². The van der Waals surface area contributed by atoms with Crippen molar-refractivity contribution in [2.75, 3.05) is 6.61 Å². The van der Waals surface area contributed by atoms with Crippen LogP contribution in [0.15, 0.2) is 22.9 Å². The van der Waals surface area contributed by atoms with Crippen LogP contribution in [0.4, 0.5) is 0 Å².